The smallest absolute Gasteiger partial charge is 0.315 e. The van der Waals surface area contributed by atoms with Crippen LogP contribution in [-0.4, -0.2) is 56.3 Å². The van der Waals surface area contributed by atoms with Crippen LogP contribution >= 0.6 is 0 Å². The van der Waals surface area contributed by atoms with Gasteiger partial charge in [0.25, 0.3) is 0 Å². The van der Waals surface area contributed by atoms with Crippen LogP contribution in [0.4, 0.5) is 0 Å². The number of esters is 1. The van der Waals surface area contributed by atoms with Crippen molar-refractivity contribution in [2.45, 2.75) is 56.5 Å². The molecule has 7 nitrogen and oxygen atoms in total. The summed E-state index contributed by atoms with van der Waals surface area (Å²) in [4.78, 5) is 25.2. The van der Waals surface area contributed by atoms with Gasteiger partial charge < -0.3 is 25.2 Å². The minimum absolute atomic E-state index is 0.249. The summed E-state index contributed by atoms with van der Waals surface area (Å²) in [5, 5.41) is 42.2. The van der Waals surface area contributed by atoms with Crippen molar-refractivity contribution in [3.8, 4) is 0 Å². The highest BCUT2D eigenvalue weighted by Gasteiger charge is 2.86. The molecule has 0 aromatic carbocycles. The van der Waals surface area contributed by atoms with Crippen LogP contribution in [-0.2, 0) is 14.3 Å². The summed E-state index contributed by atoms with van der Waals surface area (Å²) < 4.78 is 5.78. The molecule has 1 saturated heterocycles. The number of fused-ring (bicyclic) bond motifs is 1. The average Bonchev–Trinajstić information content (AvgIpc) is 3.07. The molecule has 1 spiro atoms. The van der Waals surface area contributed by atoms with Crippen molar-refractivity contribution in [2.24, 2.45) is 34.5 Å². The minimum Gasteiger partial charge on any atom is -0.481 e. The Labute approximate surface area is 150 Å². The third-order valence-corrected chi connectivity index (χ3v) is 8.59. The molecule has 1 aliphatic heterocycles. The van der Waals surface area contributed by atoms with Crippen molar-refractivity contribution in [3.63, 3.8) is 0 Å². The second kappa shape index (κ2) is 4.51. The molecule has 5 fully saturated rings. The number of carbonyl (C=O) groups excluding carboxylic acids is 1. The summed E-state index contributed by atoms with van der Waals surface area (Å²) in [6, 6.07) is 0. The van der Waals surface area contributed by atoms with Crippen LogP contribution in [0, 0.1) is 34.5 Å². The second-order valence-electron chi connectivity index (χ2n) is 9.30. The Hall–Kier alpha value is -1.44. The first-order valence-electron chi connectivity index (χ1n) is 9.30. The summed E-state index contributed by atoms with van der Waals surface area (Å²) in [5.74, 6) is -3.66. The summed E-state index contributed by atoms with van der Waals surface area (Å²) in [5.41, 5.74) is -2.63. The number of rotatable bonds is 1. The van der Waals surface area contributed by atoms with Gasteiger partial charge in [0.05, 0.1) is 12.0 Å². The molecule has 0 aromatic heterocycles. The van der Waals surface area contributed by atoms with Crippen molar-refractivity contribution < 1.29 is 34.8 Å². The lowest BCUT2D eigenvalue weighted by molar-refractivity contribution is -0.216. The zero-order valence-electron chi connectivity index (χ0n) is 14.6. The molecule has 5 aliphatic rings. The quantitative estimate of drug-likeness (QED) is 0.384. The SMILES string of the molecule is C=C1C[C@@]23C[C@H]1CC[C@@H]2[C@@]12OC(=O)[C@@](C)([C@H](O)[C@H](O)[C@@H]1O)[C@@H]2[C@@H]3C(=O)O. The molecule has 4 aliphatic carbocycles. The second-order valence-corrected chi connectivity index (χ2v) is 9.30. The van der Waals surface area contributed by atoms with Crippen LogP contribution in [0.15, 0.2) is 12.2 Å². The Morgan fingerprint density at radius 1 is 1.23 bits per heavy atom. The van der Waals surface area contributed by atoms with Gasteiger partial charge in [-0.3, -0.25) is 9.59 Å². The molecule has 4 bridgehead atoms. The number of ether oxygens (including phenoxy) is 1. The van der Waals surface area contributed by atoms with Crippen LogP contribution in [0.5, 0.6) is 0 Å². The van der Waals surface area contributed by atoms with Gasteiger partial charge in [0.15, 0.2) is 0 Å². The van der Waals surface area contributed by atoms with E-state index in [0.29, 0.717) is 19.3 Å². The molecule has 142 valence electrons. The highest BCUT2D eigenvalue weighted by atomic mass is 16.6. The van der Waals surface area contributed by atoms with Crippen LogP contribution in [0.2, 0.25) is 0 Å². The van der Waals surface area contributed by atoms with Gasteiger partial charge in [-0.25, -0.2) is 0 Å². The fourth-order valence-electron chi connectivity index (χ4n) is 7.69. The van der Waals surface area contributed by atoms with Crippen LogP contribution < -0.4 is 0 Å². The standard InChI is InChI=1S/C19H24O7/c1-7-5-18-6-8(7)3-4-9(18)19-12(10(18)15(23)24)17(2,16(25)26-19)13(21)11(20)14(19)22/h8-14,20-22H,1,3-6H2,2H3,(H,23,24)/t8-,9+,10-,11+,12+,13-,14+,17-,18-,19+/m1/s1. The maximum Gasteiger partial charge on any atom is 0.315 e. The van der Waals surface area contributed by atoms with E-state index in [9.17, 15) is 30.0 Å². The first-order chi connectivity index (χ1) is 12.1. The van der Waals surface area contributed by atoms with E-state index >= 15 is 0 Å². The highest BCUT2D eigenvalue weighted by molar-refractivity contribution is 5.86. The van der Waals surface area contributed by atoms with Gasteiger partial charge in [-0.2, -0.15) is 0 Å². The molecule has 1 heterocycles. The molecule has 0 unspecified atom stereocenters. The molecule has 10 atom stereocenters. The molecule has 0 amide bonds. The van der Waals surface area contributed by atoms with Crippen LogP contribution in [0.3, 0.4) is 0 Å². The number of hydrogen-bond acceptors (Lipinski definition) is 6. The van der Waals surface area contributed by atoms with Crippen molar-refractivity contribution >= 4 is 11.9 Å². The van der Waals surface area contributed by atoms with Gasteiger partial charge in [0, 0.05) is 11.8 Å². The van der Waals surface area contributed by atoms with Gasteiger partial charge in [-0.15, -0.1) is 0 Å². The molecule has 26 heavy (non-hydrogen) atoms. The van der Waals surface area contributed by atoms with Gasteiger partial charge in [0.2, 0.25) is 0 Å². The number of aliphatic hydroxyl groups is 3. The monoisotopic (exact) mass is 364 g/mol. The number of carboxylic acid groups (broad SMARTS) is 1. The maximum absolute atomic E-state index is 12.8. The first-order valence-corrected chi connectivity index (χ1v) is 9.30. The largest absolute Gasteiger partial charge is 0.481 e. The molecular weight excluding hydrogens is 340 g/mol. The molecule has 0 radical (unpaired) electrons. The lowest BCUT2D eigenvalue weighted by Crippen LogP contribution is -2.67. The third kappa shape index (κ3) is 1.40. The van der Waals surface area contributed by atoms with E-state index in [0.717, 1.165) is 12.0 Å². The van der Waals surface area contributed by atoms with E-state index in [1.165, 1.54) is 6.92 Å². The van der Waals surface area contributed by atoms with Gasteiger partial charge >= 0.3 is 11.9 Å². The Morgan fingerprint density at radius 3 is 2.58 bits per heavy atom. The number of carbonyl (C=O) groups is 2. The Balaban J connectivity index is 1.80. The predicted octanol–water partition coefficient (Wildman–Crippen LogP) is 0.0778. The third-order valence-electron chi connectivity index (χ3n) is 8.59. The molecule has 5 rings (SSSR count). The van der Waals surface area contributed by atoms with Crippen molar-refractivity contribution in [3.05, 3.63) is 12.2 Å². The van der Waals surface area contributed by atoms with E-state index in [2.05, 4.69) is 6.58 Å². The highest BCUT2D eigenvalue weighted by Crippen LogP contribution is 2.77. The molecule has 0 aromatic rings. The number of aliphatic hydroxyl groups excluding tert-OH is 3. The minimum atomic E-state index is -1.57. The van der Waals surface area contributed by atoms with E-state index in [4.69, 9.17) is 4.74 Å². The van der Waals surface area contributed by atoms with Gasteiger partial charge in [0.1, 0.15) is 23.2 Å². The van der Waals surface area contributed by atoms with Crippen molar-refractivity contribution in [1.82, 2.24) is 0 Å². The fourth-order valence-corrected chi connectivity index (χ4v) is 7.69. The van der Waals surface area contributed by atoms with Crippen molar-refractivity contribution in [1.29, 1.82) is 0 Å². The Morgan fingerprint density at radius 2 is 1.92 bits per heavy atom. The van der Waals surface area contributed by atoms with Crippen LogP contribution in [0.1, 0.15) is 32.6 Å². The lowest BCUT2D eigenvalue weighted by atomic mass is 9.57. The fraction of sp³-hybridized carbons (Fsp3) is 0.789. The average molecular weight is 364 g/mol. The zero-order valence-corrected chi connectivity index (χ0v) is 14.6. The molecule has 4 saturated carbocycles. The van der Waals surface area contributed by atoms with Crippen molar-refractivity contribution in [2.75, 3.05) is 0 Å². The number of aliphatic carboxylic acids is 1. The molecular formula is C19H24O7. The number of allylic oxidation sites excluding steroid dienone is 1. The van der Waals surface area contributed by atoms with E-state index < -0.39 is 58.5 Å². The Kier molecular flexibility index (Phi) is 2.90. The summed E-state index contributed by atoms with van der Waals surface area (Å²) in [6.07, 6.45) is -2.00. The summed E-state index contributed by atoms with van der Waals surface area (Å²) in [6.45, 7) is 5.62. The normalized spacial score (nSPS) is 59.8. The lowest BCUT2D eigenvalue weighted by Gasteiger charge is -2.49. The predicted molar refractivity (Wildman–Crippen MR) is 86.6 cm³/mol. The van der Waals surface area contributed by atoms with E-state index in [1.54, 1.807) is 0 Å². The maximum atomic E-state index is 12.8. The first kappa shape index (κ1) is 16.7. The van der Waals surface area contributed by atoms with Gasteiger partial charge in [-0.1, -0.05) is 12.2 Å². The zero-order chi connectivity index (χ0) is 18.8. The Bertz CT molecular complexity index is 748. The van der Waals surface area contributed by atoms with Gasteiger partial charge in [-0.05, 0) is 43.9 Å². The molecule has 4 N–H and O–H groups in total. The topological polar surface area (TPSA) is 124 Å². The summed E-state index contributed by atoms with van der Waals surface area (Å²) >= 11 is 0. The molecule has 7 heteroatoms. The van der Waals surface area contributed by atoms with E-state index in [1.807, 2.05) is 0 Å². The number of carboxylic acids is 1. The van der Waals surface area contributed by atoms with Crippen LogP contribution in [0.25, 0.3) is 0 Å². The van der Waals surface area contributed by atoms with E-state index in [-0.39, 0.29) is 11.8 Å². The summed E-state index contributed by atoms with van der Waals surface area (Å²) in [7, 11) is 0. The number of hydrogen-bond donors (Lipinski definition) is 4.